The molecule has 0 fully saturated rings. The Hall–Kier alpha value is -0.820. The van der Waals surface area contributed by atoms with Gasteiger partial charge in [-0.05, 0) is 17.4 Å². The average Bonchev–Trinajstić information content (AvgIpc) is 2.19. The van der Waals surface area contributed by atoms with E-state index in [0.29, 0.717) is 11.8 Å². The third kappa shape index (κ3) is 3.93. The molecule has 1 unspecified atom stereocenters. The van der Waals surface area contributed by atoms with E-state index in [0.717, 1.165) is 13.2 Å². The molecule has 0 amide bonds. The van der Waals surface area contributed by atoms with Crippen molar-refractivity contribution in [2.75, 3.05) is 6.61 Å². The normalized spacial score (nSPS) is 13.1. The predicted octanol–water partition coefficient (Wildman–Crippen LogP) is 3.50. The van der Waals surface area contributed by atoms with E-state index in [4.69, 9.17) is 4.74 Å². The molecule has 0 N–H and O–H groups in total. The minimum atomic E-state index is 0.638. The van der Waals surface area contributed by atoms with Crippen LogP contribution in [0.5, 0.6) is 0 Å². The van der Waals surface area contributed by atoms with Crippen LogP contribution in [-0.4, -0.2) is 6.61 Å². The van der Waals surface area contributed by atoms with Crippen molar-refractivity contribution < 1.29 is 4.74 Å². The quantitative estimate of drug-likeness (QED) is 0.694. The summed E-state index contributed by atoms with van der Waals surface area (Å²) in [4.78, 5) is 0. The van der Waals surface area contributed by atoms with E-state index in [2.05, 4.69) is 32.9 Å². The highest BCUT2D eigenvalue weighted by atomic mass is 16.5. The number of benzene rings is 1. The Kier molecular flexibility index (Phi) is 4.68. The summed E-state index contributed by atoms with van der Waals surface area (Å²) < 4.78 is 5.64. The molecular formula is C13H20O. The topological polar surface area (TPSA) is 9.23 Å². The van der Waals surface area contributed by atoms with Crippen LogP contribution in [-0.2, 0) is 11.3 Å². The van der Waals surface area contributed by atoms with Crippen LogP contribution in [0.3, 0.4) is 0 Å². The second kappa shape index (κ2) is 5.82. The fourth-order valence-corrected chi connectivity index (χ4v) is 1.13. The van der Waals surface area contributed by atoms with Gasteiger partial charge in [0, 0.05) is 6.61 Å². The molecule has 0 bridgehead atoms. The first kappa shape index (κ1) is 11.3. The molecule has 0 aliphatic carbocycles. The maximum atomic E-state index is 5.64. The largest absolute Gasteiger partial charge is 0.376 e. The molecule has 14 heavy (non-hydrogen) atoms. The highest BCUT2D eigenvalue weighted by Crippen LogP contribution is 2.10. The van der Waals surface area contributed by atoms with Crippen LogP contribution in [0.2, 0.25) is 0 Å². The van der Waals surface area contributed by atoms with Crippen molar-refractivity contribution in [2.45, 2.75) is 27.4 Å². The van der Waals surface area contributed by atoms with Gasteiger partial charge >= 0.3 is 0 Å². The molecule has 0 radical (unpaired) electrons. The number of rotatable bonds is 5. The van der Waals surface area contributed by atoms with Gasteiger partial charge in [-0.2, -0.15) is 0 Å². The van der Waals surface area contributed by atoms with Crippen LogP contribution in [0, 0.1) is 11.8 Å². The average molecular weight is 192 g/mol. The molecular weight excluding hydrogens is 172 g/mol. The molecule has 0 aromatic heterocycles. The lowest BCUT2D eigenvalue weighted by molar-refractivity contribution is 0.0781. The van der Waals surface area contributed by atoms with Crippen molar-refractivity contribution in [3.05, 3.63) is 35.9 Å². The summed E-state index contributed by atoms with van der Waals surface area (Å²) in [5, 5.41) is 0. The maximum absolute atomic E-state index is 5.64. The smallest absolute Gasteiger partial charge is 0.0717 e. The van der Waals surface area contributed by atoms with E-state index in [1.807, 2.05) is 18.2 Å². The van der Waals surface area contributed by atoms with Gasteiger partial charge < -0.3 is 4.74 Å². The van der Waals surface area contributed by atoms with Gasteiger partial charge in [-0.25, -0.2) is 0 Å². The maximum Gasteiger partial charge on any atom is 0.0717 e. The van der Waals surface area contributed by atoms with Gasteiger partial charge in [0.05, 0.1) is 6.61 Å². The van der Waals surface area contributed by atoms with E-state index in [1.165, 1.54) is 5.56 Å². The zero-order chi connectivity index (χ0) is 10.4. The van der Waals surface area contributed by atoms with Crippen molar-refractivity contribution in [2.24, 2.45) is 11.8 Å². The van der Waals surface area contributed by atoms with Crippen LogP contribution in [0.4, 0.5) is 0 Å². The highest BCUT2D eigenvalue weighted by Gasteiger charge is 2.06. The predicted molar refractivity (Wildman–Crippen MR) is 60.1 cm³/mol. The summed E-state index contributed by atoms with van der Waals surface area (Å²) in [6.07, 6.45) is 0. The van der Waals surface area contributed by atoms with Gasteiger partial charge in [0.15, 0.2) is 0 Å². The molecule has 1 atom stereocenters. The van der Waals surface area contributed by atoms with Crippen LogP contribution in [0.1, 0.15) is 26.3 Å². The summed E-state index contributed by atoms with van der Waals surface area (Å²) in [7, 11) is 0. The SMILES string of the molecule is CC(C)C(C)COCc1ccccc1. The molecule has 0 saturated carbocycles. The lowest BCUT2D eigenvalue weighted by Gasteiger charge is -2.15. The van der Waals surface area contributed by atoms with E-state index in [9.17, 15) is 0 Å². The molecule has 0 aliphatic heterocycles. The Labute approximate surface area is 87.1 Å². The van der Waals surface area contributed by atoms with Gasteiger partial charge in [-0.3, -0.25) is 0 Å². The Morgan fingerprint density at radius 1 is 1.07 bits per heavy atom. The Morgan fingerprint density at radius 3 is 2.29 bits per heavy atom. The second-order valence-electron chi connectivity index (χ2n) is 4.22. The van der Waals surface area contributed by atoms with Gasteiger partial charge in [-0.1, -0.05) is 51.1 Å². The molecule has 78 valence electrons. The van der Waals surface area contributed by atoms with Crippen molar-refractivity contribution in [3.63, 3.8) is 0 Å². The number of ether oxygens (including phenoxy) is 1. The minimum Gasteiger partial charge on any atom is -0.376 e. The van der Waals surface area contributed by atoms with Crippen molar-refractivity contribution in [3.8, 4) is 0 Å². The van der Waals surface area contributed by atoms with Gasteiger partial charge in [0.2, 0.25) is 0 Å². The van der Waals surface area contributed by atoms with Gasteiger partial charge in [0.1, 0.15) is 0 Å². The van der Waals surface area contributed by atoms with Crippen LogP contribution in [0.25, 0.3) is 0 Å². The molecule has 1 aromatic rings. The first-order chi connectivity index (χ1) is 6.70. The standard InChI is InChI=1S/C13H20O/c1-11(2)12(3)9-14-10-13-7-5-4-6-8-13/h4-8,11-12H,9-10H2,1-3H3. The molecule has 1 aromatic carbocycles. The highest BCUT2D eigenvalue weighted by molar-refractivity contribution is 5.13. The lowest BCUT2D eigenvalue weighted by Crippen LogP contribution is -2.11. The third-order valence-corrected chi connectivity index (χ3v) is 2.63. The van der Waals surface area contributed by atoms with Crippen LogP contribution < -0.4 is 0 Å². The molecule has 0 heterocycles. The Bertz CT molecular complexity index is 241. The first-order valence-electron chi connectivity index (χ1n) is 5.32. The zero-order valence-electron chi connectivity index (χ0n) is 9.36. The third-order valence-electron chi connectivity index (χ3n) is 2.63. The molecule has 1 rings (SSSR count). The summed E-state index contributed by atoms with van der Waals surface area (Å²) in [6.45, 7) is 8.28. The fourth-order valence-electron chi connectivity index (χ4n) is 1.13. The summed E-state index contributed by atoms with van der Waals surface area (Å²) >= 11 is 0. The second-order valence-corrected chi connectivity index (χ2v) is 4.22. The fraction of sp³-hybridized carbons (Fsp3) is 0.538. The number of hydrogen-bond acceptors (Lipinski definition) is 1. The first-order valence-corrected chi connectivity index (χ1v) is 5.32. The minimum absolute atomic E-state index is 0.638. The Balaban J connectivity index is 2.22. The van der Waals surface area contributed by atoms with E-state index in [-0.39, 0.29) is 0 Å². The van der Waals surface area contributed by atoms with Gasteiger partial charge in [0.25, 0.3) is 0 Å². The zero-order valence-corrected chi connectivity index (χ0v) is 9.36. The van der Waals surface area contributed by atoms with Crippen molar-refractivity contribution in [1.29, 1.82) is 0 Å². The number of hydrogen-bond donors (Lipinski definition) is 0. The van der Waals surface area contributed by atoms with Crippen molar-refractivity contribution >= 4 is 0 Å². The molecule has 0 spiro atoms. The molecule has 1 nitrogen and oxygen atoms in total. The summed E-state index contributed by atoms with van der Waals surface area (Å²) in [6, 6.07) is 10.3. The van der Waals surface area contributed by atoms with E-state index < -0.39 is 0 Å². The van der Waals surface area contributed by atoms with E-state index in [1.54, 1.807) is 0 Å². The monoisotopic (exact) mass is 192 g/mol. The summed E-state index contributed by atoms with van der Waals surface area (Å²) in [5.74, 6) is 1.34. The molecule has 0 saturated heterocycles. The molecule has 0 aliphatic rings. The van der Waals surface area contributed by atoms with Crippen LogP contribution in [0.15, 0.2) is 30.3 Å². The molecule has 1 heteroatoms. The van der Waals surface area contributed by atoms with Gasteiger partial charge in [-0.15, -0.1) is 0 Å². The van der Waals surface area contributed by atoms with Crippen LogP contribution >= 0.6 is 0 Å². The van der Waals surface area contributed by atoms with Crippen molar-refractivity contribution in [1.82, 2.24) is 0 Å². The van der Waals surface area contributed by atoms with E-state index >= 15 is 0 Å². The Morgan fingerprint density at radius 2 is 1.71 bits per heavy atom. The summed E-state index contributed by atoms with van der Waals surface area (Å²) in [5.41, 5.74) is 1.25. The lowest BCUT2D eigenvalue weighted by atomic mass is 9.99.